The first-order valence-electron chi connectivity index (χ1n) is 10.7. The number of benzene rings is 3. The standard InChI is InChI=1S/C27H23F3N2O2/c28-27(29,30)26(33)19-32(18-20-7-4-8-21(15-20)22-9-6-14-31-17-22)23-10-5-13-25(16-23)34-24-11-2-1-3-12-24/h1-17,26,33H,18-19H2. The maximum absolute atomic E-state index is 13.2. The Morgan fingerprint density at radius 3 is 2.29 bits per heavy atom. The largest absolute Gasteiger partial charge is 0.457 e. The molecule has 1 unspecified atom stereocenters. The minimum absolute atomic E-state index is 0.163. The molecule has 1 heterocycles. The molecular weight excluding hydrogens is 441 g/mol. The van der Waals surface area contributed by atoms with Gasteiger partial charge in [0.1, 0.15) is 11.5 Å². The molecule has 0 aliphatic rings. The first-order chi connectivity index (χ1) is 16.4. The van der Waals surface area contributed by atoms with Crippen molar-refractivity contribution in [3.63, 3.8) is 0 Å². The molecule has 4 rings (SSSR count). The number of aliphatic hydroxyl groups is 1. The number of para-hydroxylation sites is 1. The molecule has 34 heavy (non-hydrogen) atoms. The Bertz CT molecular complexity index is 1200. The van der Waals surface area contributed by atoms with Crippen LogP contribution in [0.1, 0.15) is 5.56 Å². The Kier molecular flexibility index (Phi) is 7.13. The molecule has 0 amide bonds. The first-order valence-corrected chi connectivity index (χ1v) is 10.7. The molecular formula is C27H23F3N2O2. The zero-order valence-electron chi connectivity index (χ0n) is 18.2. The molecule has 0 spiro atoms. The Balaban J connectivity index is 1.62. The van der Waals surface area contributed by atoms with Gasteiger partial charge in [0, 0.05) is 30.7 Å². The topological polar surface area (TPSA) is 45.6 Å². The minimum Gasteiger partial charge on any atom is -0.457 e. The van der Waals surface area contributed by atoms with Crippen LogP contribution in [-0.2, 0) is 6.54 Å². The van der Waals surface area contributed by atoms with Gasteiger partial charge >= 0.3 is 6.18 Å². The van der Waals surface area contributed by atoms with Crippen molar-refractivity contribution in [2.45, 2.75) is 18.8 Å². The minimum atomic E-state index is -4.73. The number of pyridine rings is 1. The van der Waals surface area contributed by atoms with Crippen LogP contribution in [0.15, 0.2) is 103 Å². The SMILES string of the molecule is OC(CN(Cc1cccc(-c2cccnc2)c1)c1cccc(Oc2ccccc2)c1)C(F)(F)F. The number of hydrogen-bond donors (Lipinski definition) is 1. The molecule has 0 fully saturated rings. The van der Waals surface area contributed by atoms with E-state index in [9.17, 15) is 18.3 Å². The third-order valence-electron chi connectivity index (χ3n) is 5.23. The summed E-state index contributed by atoms with van der Waals surface area (Å²) in [6.07, 6.45) is -3.81. The van der Waals surface area contributed by atoms with Crippen LogP contribution in [0.5, 0.6) is 11.5 Å². The molecule has 1 N–H and O–H groups in total. The van der Waals surface area contributed by atoms with E-state index in [-0.39, 0.29) is 6.54 Å². The highest BCUT2D eigenvalue weighted by Crippen LogP contribution is 2.30. The van der Waals surface area contributed by atoms with E-state index in [2.05, 4.69) is 4.98 Å². The van der Waals surface area contributed by atoms with E-state index in [4.69, 9.17) is 4.74 Å². The number of alkyl halides is 3. The van der Waals surface area contributed by atoms with Crippen LogP contribution in [0.4, 0.5) is 18.9 Å². The molecule has 1 aromatic heterocycles. The first kappa shape index (κ1) is 23.3. The van der Waals surface area contributed by atoms with Gasteiger partial charge in [0.15, 0.2) is 6.10 Å². The Morgan fingerprint density at radius 2 is 1.56 bits per heavy atom. The zero-order chi connectivity index (χ0) is 24.0. The molecule has 3 aromatic carbocycles. The highest BCUT2D eigenvalue weighted by molar-refractivity contribution is 5.63. The smallest absolute Gasteiger partial charge is 0.416 e. The van der Waals surface area contributed by atoms with Crippen LogP contribution >= 0.6 is 0 Å². The molecule has 0 saturated carbocycles. The summed E-state index contributed by atoms with van der Waals surface area (Å²) in [4.78, 5) is 5.63. The summed E-state index contributed by atoms with van der Waals surface area (Å²) in [5.41, 5.74) is 3.11. The molecule has 0 aliphatic heterocycles. The van der Waals surface area contributed by atoms with Crippen molar-refractivity contribution < 1.29 is 23.0 Å². The van der Waals surface area contributed by atoms with Crippen molar-refractivity contribution in [2.24, 2.45) is 0 Å². The van der Waals surface area contributed by atoms with Crippen molar-refractivity contribution in [3.05, 3.63) is 109 Å². The number of nitrogens with zero attached hydrogens (tertiary/aromatic N) is 2. The maximum Gasteiger partial charge on any atom is 0.416 e. The Hall–Kier alpha value is -3.84. The van der Waals surface area contributed by atoms with Crippen molar-refractivity contribution >= 4 is 5.69 Å². The van der Waals surface area contributed by atoms with Crippen molar-refractivity contribution in [3.8, 4) is 22.6 Å². The van der Waals surface area contributed by atoms with Gasteiger partial charge in [-0.1, -0.05) is 48.5 Å². The van der Waals surface area contributed by atoms with Crippen LogP contribution in [-0.4, -0.2) is 28.9 Å². The summed E-state index contributed by atoms with van der Waals surface area (Å²) in [6, 6.07) is 27.2. The average Bonchev–Trinajstić information content (AvgIpc) is 2.84. The number of ether oxygens (including phenoxy) is 1. The molecule has 1 atom stereocenters. The number of rotatable bonds is 8. The summed E-state index contributed by atoms with van der Waals surface area (Å²) < 4.78 is 45.5. The number of aromatic nitrogens is 1. The molecule has 0 aliphatic carbocycles. The van der Waals surface area contributed by atoms with E-state index in [0.29, 0.717) is 17.2 Å². The highest BCUT2D eigenvalue weighted by atomic mass is 19.4. The van der Waals surface area contributed by atoms with E-state index < -0.39 is 18.8 Å². The molecule has 4 nitrogen and oxygen atoms in total. The van der Waals surface area contributed by atoms with Gasteiger partial charge in [-0.05, 0) is 53.1 Å². The summed E-state index contributed by atoms with van der Waals surface area (Å²) >= 11 is 0. The van der Waals surface area contributed by atoms with Crippen molar-refractivity contribution in [1.82, 2.24) is 4.98 Å². The second-order valence-corrected chi connectivity index (χ2v) is 7.79. The average molecular weight is 464 g/mol. The fourth-order valence-corrected chi connectivity index (χ4v) is 3.54. The van der Waals surface area contributed by atoms with Gasteiger partial charge in [0.2, 0.25) is 0 Å². The third kappa shape index (κ3) is 6.14. The van der Waals surface area contributed by atoms with E-state index in [1.54, 1.807) is 48.8 Å². The normalized spacial score (nSPS) is 12.2. The van der Waals surface area contributed by atoms with E-state index in [1.165, 1.54) is 4.90 Å². The number of hydrogen-bond acceptors (Lipinski definition) is 4. The lowest BCUT2D eigenvalue weighted by atomic mass is 10.0. The van der Waals surface area contributed by atoms with Crippen LogP contribution < -0.4 is 9.64 Å². The highest BCUT2D eigenvalue weighted by Gasteiger charge is 2.39. The summed E-state index contributed by atoms with van der Waals surface area (Å²) in [5.74, 6) is 1.10. The predicted octanol–water partition coefficient (Wildman–Crippen LogP) is 6.47. The molecule has 174 valence electrons. The second-order valence-electron chi connectivity index (χ2n) is 7.79. The molecule has 0 bridgehead atoms. The van der Waals surface area contributed by atoms with Gasteiger partial charge in [-0.3, -0.25) is 4.98 Å². The zero-order valence-corrected chi connectivity index (χ0v) is 18.2. The predicted molar refractivity (Wildman–Crippen MR) is 126 cm³/mol. The Morgan fingerprint density at radius 1 is 0.824 bits per heavy atom. The van der Waals surface area contributed by atoms with Crippen LogP contribution in [0, 0.1) is 0 Å². The number of anilines is 1. The molecule has 0 saturated heterocycles. The second kappa shape index (κ2) is 10.4. The fourth-order valence-electron chi connectivity index (χ4n) is 3.54. The van der Waals surface area contributed by atoms with Crippen LogP contribution in [0.25, 0.3) is 11.1 Å². The van der Waals surface area contributed by atoms with Crippen LogP contribution in [0.3, 0.4) is 0 Å². The van der Waals surface area contributed by atoms with E-state index in [0.717, 1.165) is 16.7 Å². The number of aliphatic hydroxyl groups excluding tert-OH is 1. The van der Waals surface area contributed by atoms with Crippen LogP contribution in [0.2, 0.25) is 0 Å². The van der Waals surface area contributed by atoms with Crippen molar-refractivity contribution in [2.75, 3.05) is 11.4 Å². The summed E-state index contributed by atoms with van der Waals surface area (Å²) in [7, 11) is 0. The van der Waals surface area contributed by atoms with E-state index >= 15 is 0 Å². The maximum atomic E-state index is 13.2. The van der Waals surface area contributed by atoms with E-state index in [1.807, 2.05) is 54.6 Å². The lowest BCUT2D eigenvalue weighted by molar-refractivity contribution is -0.200. The summed E-state index contributed by atoms with van der Waals surface area (Å²) in [5, 5.41) is 9.83. The fraction of sp³-hybridized carbons (Fsp3) is 0.148. The van der Waals surface area contributed by atoms with Gasteiger partial charge in [0.05, 0.1) is 6.54 Å². The lowest BCUT2D eigenvalue weighted by Gasteiger charge is -2.29. The lowest BCUT2D eigenvalue weighted by Crippen LogP contribution is -2.40. The van der Waals surface area contributed by atoms with Gasteiger partial charge in [-0.15, -0.1) is 0 Å². The number of halogens is 3. The monoisotopic (exact) mass is 464 g/mol. The Labute approximate surface area is 195 Å². The summed E-state index contributed by atoms with van der Waals surface area (Å²) in [6.45, 7) is -0.453. The quantitative estimate of drug-likeness (QED) is 0.325. The van der Waals surface area contributed by atoms with Gasteiger partial charge in [-0.25, -0.2) is 0 Å². The van der Waals surface area contributed by atoms with Gasteiger partial charge in [0.25, 0.3) is 0 Å². The van der Waals surface area contributed by atoms with Gasteiger partial charge < -0.3 is 14.7 Å². The third-order valence-corrected chi connectivity index (χ3v) is 5.23. The van der Waals surface area contributed by atoms with Crippen molar-refractivity contribution in [1.29, 1.82) is 0 Å². The molecule has 7 heteroatoms. The molecule has 0 radical (unpaired) electrons. The molecule has 4 aromatic rings. The van der Waals surface area contributed by atoms with Gasteiger partial charge in [-0.2, -0.15) is 13.2 Å².